The number of carbonyl (C=O) groups is 1. The number of hydrogen-bond acceptors (Lipinski definition) is 3. The van der Waals surface area contributed by atoms with Crippen LogP contribution in [-0.2, 0) is 0 Å². The van der Waals surface area contributed by atoms with E-state index in [1.54, 1.807) is 18.3 Å². The van der Waals surface area contributed by atoms with Crippen LogP contribution >= 0.6 is 15.9 Å². The van der Waals surface area contributed by atoms with Gasteiger partial charge in [-0.25, -0.2) is 4.98 Å². The summed E-state index contributed by atoms with van der Waals surface area (Å²) in [6.45, 7) is 0.495. The SMILES string of the molecule is N#CCCCNC(=O)c1ncccc1Br. The van der Waals surface area contributed by atoms with Gasteiger partial charge in [0.25, 0.3) is 5.91 Å². The molecule has 0 aliphatic carbocycles. The molecule has 0 aliphatic rings. The number of nitriles is 1. The average Bonchev–Trinajstić information content (AvgIpc) is 2.25. The number of carbonyl (C=O) groups excluding carboxylic acids is 1. The Bertz CT molecular complexity index is 386. The molecule has 1 aromatic heterocycles. The van der Waals surface area contributed by atoms with E-state index < -0.39 is 0 Å². The third kappa shape index (κ3) is 3.68. The van der Waals surface area contributed by atoms with Crippen LogP contribution in [0.4, 0.5) is 0 Å². The lowest BCUT2D eigenvalue weighted by molar-refractivity contribution is 0.0947. The molecular weight excluding hydrogens is 258 g/mol. The fraction of sp³-hybridized carbons (Fsp3) is 0.300. The molecule has 0 aromatic carbocycles. The number of hydrogen-bond donors (Lipinski definition) is 1. The van der Waals surface area contributed by atoms with E-state index in [1.165, 1.54) is 0 Å². The van der Waals surface area contributed by atoms with Gasteiger partial charge in [0.15, 0.2) is 0 Å². The molecule has 0 spiro atoms. The second kappa shape index (κ2) is 6.14. The summed E-state index contributed by atoms with van der Waals surface area (Å²) >= 11 is 3.24. The predicted molar refractivity (Wildman–Crippen MR) is 59.1 cm³/mol. The van der Waals surface area contributed by atoms with Crippen molar-refractivity contribution in [3.63, 3.8) is 0 Å². The topological polar surface area (TPSA) is 65.8 Å². The van der Waals surface area contributed by atoms with Gasteiger partial charge in [0, 0.05) is 23.6 Å². The van der Waals surface area contributed by atoms with Gasteiger partial charge in [-0.2, -0.15) is 5.26 Å². The maximum atomic E-state index is 11.5. The highest BCUT2D eigenvalue weighted by molar-refractivity contribution is 9.10. The quantitative estimate of drug-likeness (QED) is 0.848. The number of aromatic nitrogens is 1. The van der Waals surface area contributed by atoms with Crippen LogP contribution in [0.1, 0.15) is 23.3 Å². The maximum absolute atomic E-state index is 11.5. The summed E-state index contributed by atoms with van der Waals surface area (Å²) in [4.78, 5) is 15.5. The van der Waals surface area contributed by atoms with Gasteiger partial charge in [-0.1, -0.05) is 0 Å². The molecule has 0 fully saturated rings. The fourth-order valence-corrected chi connectivity index (χ4v) is 1.44. The lowest BCUT2D eigenvalue weighted by atomic mass is 10.3. The van der Waals surface area contributed by atoms with E-state index in [0.29, 0.717) is 29.6 Å². The van der Waals surface area contributed by atoms with Crippen LogP contribution in [0.25, 0.3) is 0 Å². The van der Waals surface area contributed by atoms with Crippen LogP contribution in [0.5, 0.6) is 0 Å². The number of nitrogens with zero attached hydrogens (tertiary/aromatic N) is 2. The summed E-state index contributed by atoms with van der Waals surface area (Å²) in [7, 11) is 0. The third-order valence-electron chi connectivity index (χ3n) is 1.72. The lowest BCUT2D eigenvalue weighted by Gasteiger charge is -2.04. The zero-order valence-electron chi connectivity index (χ0n) is 8.03. The molecule has 5 heteroatoms. The molecular formula is C10H10BrN3O. The summed E-state index contributed by atoms with van der Waals surface area (Å²) < 4.78 is 0.669. The van der Waals surface area contributed by atoms with E-state index in [9.17, 15) is 4.79 Å². The summed E-state index contributed by atoms with van der Waals surface area (Å²) in [5, 5.41) is 11.0. The van der Waals surface area contributed by atoms with E-state index in [2.05, 4.69) is 26.2 Å². The summed E-state index contributed by atoms with van der Waals surface area (Å²) in [6, 6.07) is 5.52. The fourth-order valence-electron chi connectivity index (χ4n) is 1.01. The largest absolute Gasteiger partial charge is 0.351 e. The van der Waals surface area contributed by atoms with E-state index in [0.717, 1.165) is 0 Å². The summed E-state index contributed by atoms with van der Waals surface area (Å²) in [5.74, 6) is -0.222. The van der Waals surface area contributed by atoms with Crippen molar-refractivity contribution in [3.05, 3.63) is 28.5 Å². The smallest absolute Gasteiger partial charge is 0.271 e. The van der Waals surface area contributed by atoms with Gasteiger partial charge in [-0.15, -0.1) is 0 Å². The minimum atomic E-state index is -0.222. The standard InChI is InChI=1S/C10H10BrN3O/c11-8-4-3-7-13-9(8)10(15)14-6-2-1-5-12/h3-4,7H,1-2,6H2,(H,14,15). The van der Waals surface area contributed by atoms with Crippen molar-refractivity contribution < 1.29 is 4.79 Å². The number of halogens is 1. The van der Waals surface area contributed by atoms with E-state index in [-0.39, 0.29) is 5.91 Å². The number of pyridine rings is 1. The first kappa shape index (κ1) is 11.7. The molecule has 78 valence electrons. The number of rotatable bonds is 4. The molecule has 1 amide bonds. The van der Waals surface area contributed by atoms with Gasteiger partial charge in [0.2, 0.25) is 0 Å². The molecule has 4 nitrogen and oxygen atoms in total. The van der Waals surface area contributed by atoms with Crippen molar-refractivity contribution in [1.82, 2.24) is 10.3 Å². The highest BCUT2D eigenvalue weighted by atomic mass is 79.9. The van der Waals surface area contributed by atoms with Gasteiger partial charge in [-0.3, -0.25) is 4.79 Å². The zero-order valence-corrected chi connectivity index (χ0v) is 9.62. The number of nitrogens with one attached hydrogen (secondary N) is 1. The lowest BCUT2D eigenvalue weighted by Crippen LogP contribution is -2.25. The molecule has 0 saturated heterocycles. The van der Waals surface area contributed by atoms with Crippen molar-refractivity contribution in [3.8, 4) is 6.07 Å². The monoisotopic (exact) mass is 267 g/mol. The maximum Gasteiger partial charge on any atom is 0.271 e. The molecule has 0 atom stereocenters. The molecule has 1 heterocycles. The van der Waals surface area contributed by atoms with Gasteiger partial charge in [0.05, 0.1) is 6.07 Å². The van der Waals surface area contributed by atoms with Crippen molar-refractivity contribution in [2.45, 2.75) is 12.8 Å². The molecule has 0 aliphatic heterocycles. The molecule has 1 N–H and O–H groups in total. The van der Waals surface area contributed by atoms with Crippen molar-refractivity contribution in [1.29, 1.82) is 5.26 Å². The minimum absolute atomic E-state index is 0.222. The second-order valence-electron chi connectivity index (χ2n) is 2.85. The number of unbranched alkanes of at least 4 members (excludes halogenated alkanes) is 1. The van der Waals surface area contributed by atoms with Crippen molar-refractivity contribution >= 4 is 21.8 Å². The van der Waals surface area contributed by atoms with Crippen LogP contribution in [0, 0.1) is 11.3 Å². The minimum Gasteiger partial charge on any atom is -0.351 e. The predicted octanol–water partition coefficient (Wildman–Crippen LogP) is 1.88. The Balaban J connectivity index is 2.48. The van der Waals surface area contributed by atoms with E-state index >= 15 is 0 Å². The molecule has 15 heavy (non-hydrogen) atoms. The zero-order chi connectivity index (χ0) is 11.1. The summed E-state index contributed by atoms with van der Waals surface area (Å²) in [5.41, 5.74) is 0.370. The van der Waals surface area contributed by atoms with Crippen molar-refractivity contribution in [2.75, 3.05) is 6.54 Å². The molecule has 0 unspecified atom stereocenters. The van der Waals surface area contributed by atoms with Crippen LogP contribution in [0.2, 0.25) is 0 Å². The van der Waals surface area contributed by atoms with E-state index in [4.69, 9.17) is 5.26 Å². The van der Waals surface area contributed by atoms with Gasteiger partial charge < -0.3 is 5.32 Å². The first-order valence-electron chi connectivity index (χ1n) is 4.51. The van der Waals surface area contributed by atoms with Crippen LogP contribution in [0.15, 0.2) is 22.8 Å². The van der Waals surface area contributed by atoms with Crippen LogP contribution in [0.3, 0.4) is 0 Å². The molecule has 0 bridgehead atoms. The molecule has 0 saturated carbocycles. The Labute approximate surface area is 96.4 Å². The van der Waals surface area contributed by atoms with Crippen molar-refractivity contribution in [2.24, 2.45) is 0 Å². The van der Waals surface area contributed by atoms with Gasteiger partial charge >= 0.3 is 0 Å². The summed E-state index contributed by atoms with van der Waals surface area (Å²) in [6.07, 6.45) is 2.67. The Morgan fingerprint density at radius 1 is 1.67 bits per heavy atom. The van der Waals surface area contributed by atoms with Gasteiger partial charge in [0.1, 0.15) is 5.69 Å². The normalized spacial score (nSPS) is 9.33. The van der Waals surface area contributed by atoms with Crippen LogP contribution in [-0.4, -0.2) is 17.4 Å². The highest BCUT2D eigenvalue weighted by Gasteiger charge is 2.09. The Hall–Kier alpha value is -1.41. The Kier molecular flexibility index (Phi) is 4.78. The highest BCUT2D eigenvalue weighted by Crippen LogP contribution is 2.12. The van der Waals surface area contributed by atoms with Crippen LogP contribution < -0.4 is 5.32 Å². The average molecular weight is 268 g/mol. The first-order chi connectivity index (χ1) is 7.25. The molecule has 0 radical (unpaired) electrons. The third-order valence-corrected chi connectivity index (χ3v) is 2.36. The van der Waals surface area contributed by atoms with Gasteiger partial charge in [-0.05, 0) is 34.5 Å². The number of amides is 1. The first-order valence-corrected chi connectivity index (χ1v) is 5.30. The Morgan fingerprint density at radius 2 is 2.47 bits per heavy atom. The van der Waals surface area contributed by atoms with E-state index in [1.807, 2.05) is 6.07 Å². The Morgan fingerprint density at radius 3 is 3.13 bits per heavy atom. The second-order valence-corrected chi connectivity index (χ2v) is 3.71. The molecule has 1 rings (SSSR count). The molecule has 1 aromatic rings.